The molecule has 0 N–H and O–H groups in total. The lowest BCUT2D eigenvalue weighted by Gasteiger charge is -2.22. The number of nitrogens with zero attached hydrogens (tertiary/aromatic N) is 1. The number of hydrogen-bond donors (Lipinski definition) is 0. The lowest BCUT2D eigenvalue weighted by molar-refractivity contribution is -0.135. The van der Waals surface area contributed by atoms with Gasteiger partial charge in [-0.05, 0) is 18.8 Å². The molecule has 14 heavy (non-hydrogen) atoms. The Morgan fingerprint density at radius 1 is 1.21 bits per heavy atom. The molecule has 0 aromatic heterocycles. The molecule has 1 fully saturated rings. The average molecular weight is 193 g/mol. The van der Waals surface area contributed by atoms with Gasteiger partial charge in [-0.3, -0.25) is 14.5 Å². The van der Waals surface area contributed by atoms with Crippen LogP contribution in [0.15, 0.2) is 11.6 Å². The third-order valence-electron chi connectivity index (χ3n) is 3.21. The van der Waals surface area contributed by atoms with Crippen LogP contribution < -0.4 is 0 Å². The van der Waals surface area contributed by atoms with Gasteiger partial charge in [0.15, 0.2) is 0 Å². The summed E-state index contributed by atoms with van der Waals surface area (Å²) in [7, 11) is 1.55. The van der Waals surface area contributed by atoms with E-state index in [4.69, 9.17) is 0 Å². The van der Waals surface area contributed by atoms with E-state index in [9.17, 15) is 9.59 Å². The number of carbonyl (C=O) groups excluding carboxylic acids is 2. The highest BCUT2D eigenvalue weighted by atomic mass is 16.2. The summed E-state index contributed by atoms with van der Waals surface area (Å²) in [6.45, 7) is 0. The van der Waals surface area contributed by atoms with E-state index in [2.05, 4.69) is 0 Å². The van der Waals surface area contributed by atoms with Gasteiger partial charge in [-0.15, -0.1) is 0 Å². The van der Waals surface area contributed by atoms with E-state index in [1.807, 2.05) is 0 Å². The lowest BCUT2D eigenvalue weighted by atomic mass is 9.84. The van der Waals surface area contributed by atoms with Crippen LogP contribution in [-0.2, 0) is 9.59 Å². The maximum atomic E-state index is 11.7. The molecule has 0 unspecified atom stereocenters. The molecular formula is C11H15NO2. The minimum absolute atomic E-state index is 0.0816. The molecule has 2 amide bonds. The van der Waals surface area contributed by atoms with Gasteiger partial charge in [0, 0.05) is 18.7 Å². The zero-order valence-corrected chi connectivity index (χ0v) is 8.45. The average Bonchev–Trinajstić information content (AvgIpc) is 2.47. The van der Waals surface area contributed by atoms with E-state index in [1.165, 1.54) is 30.2 Å². The van der Waals surface area contributed by atoms with Crippen LogP contribution in [0.25, 0.3) is 0 Å². The van der Waals surface area contributed by atoms with Crippen LogP contribution in [0.1, 0.15) is 32.1 Å². The molecule has 1 heterocycles. The molecule has 0 aromatic carbocycles. The zero-order valence-electron chi connectivity index (χ0n) is 8.45. The van der Waals surface area contributed by atoms with Gasteiger partial charge in [0.2, 0.25) is 0 Å². The molecule has 0 bridgehead atoms. The van der Waals surface area contributed by atoms with Crippen molar-refractivity contribution >= 4 is 11.8 Å². The van der Waals surface area contributed by atoms with Crippen molar-refractivity contribution < 1.29 is 9.59 Å². The molecule has 0 radical (unpaired) electrons. The summed E-state index contributed by atoms with van der Waals surface area (Å²) in [6.07, 6.45) is 7.30. The molecule has 0 saturated heterocycles. The smallest absolute Gasteiger partial charge is 0.256 e. The maximum absolute atomic E-state index is 11.7. The van der Waals surface area contributed by atoms with Crippen molar-refractivity contribution in [2.75, 3.05) is 7.05 Å². The molecule has 3 nitrogen and oxygen atoms in total. The van der Waals surface area contributed by atoms with Crippen LogP contribution >= 0.6 is 0 Å². The minimum Gasteiger partial charge on any atom is -0.278 e. The van der Waals surface area contributed by atoms with Gasteiger partial charge < -0.3 is 0 Å². The minimum atomic E-state index is -0.157. The molecule has 2 rings (SSSR count). The fourth-order valence-corrected chi connectivity index (χ4v) is 2.29. The highest BCUT2D eigenvalue weighted by Gasteiger charge is 2.32. The van der Waals surface area contributed by atoms with Gasteiger partial charge in [-0.25, -0.2) is 0 Å². The van der Waals surface area contributed by atoms with Gasteiger partial charge >= 0.3 is 0 Å². The molecule has 1 aliphatic carbocycles. The van der Waals surface area contributed by atoms with Crippen LogP contribution in [0.2, 0.25) is 0 Å². The largest absolute Gasteiger partial charge is 0.278 e. The number of amides is 2. The molecule has 76 valence electrons. The van der Waals surface area contributed by atoms with Crippen molar-refractivity contribution in [1.82, 2.24) is 4.90 Å². The Labute approximate surface area is 83.8 Å². The second-order valence-corrected chi connectivity index (χ2v) is 4.14. The number of imide groups is 1. The predicted octanol–water partition coefficient (Wildman–Crippen LogP) is 1.49. The first-order chi connectivity index (χ1) is 6.70. The summed E-state index contributed by atoms with van der Waals surface area (Å²) in [5.41, 5.74) is 0.747. The highest BCUT2D eigenvalue weighted by Crippen LogP contribution is 2.32. The van der Waals surface area contributed by atoms with Crippen LogP contribution in [0.5, 0.6) is 0 Å². The van der Waals surface area contributed by atoms with Crippen molar-refractivity contribution in [2.45, 2.75) is 32.1 Å². The van der Waals surface area contributed by atoms with Crippen molar-refractivity contribution in [2.24, 2.45) is 5.92 Å². The first-order valence-corrected chi connectivity index (χ1v) is 5.24. The Balaban J connectivity index is 2.14. The molecule has 1 aliphatic heterocycles. The van der Waals surface area contributed by atoms with E-state index >= 15 is 0 Å². The van der Waals surface area contributed by atoms with E-state index in [0.717, 1.165) is 18.4 Å². The number of likely N-dealkylation sites (N-methyl/N-ethyl adjacent to an activating group) is 1. The van der Waals surface area contributed by atoms with E-state index < -0.39 is 0 Å². The maximum Gasteiger partial charge on any atom is 0.256 e. The van der Waals surface area contributed by atoms with Crippen LogP contribution in [0.4, 0.5) is 0 Å². The van der Waals surface area contributed by atoms with Crippen LogP contribution in [-0.4, -0.2) is 23.8 Å². The first-order valence-electron chi connectivity index (χ1n) is 5.24. The third-order valence-corrected chi connectivity index (χ3v) is 3.21. The summed E-state index contributed by atoms with van der Waals surface area (Å²) in [5, 5.41) is 0. The monoisotopic (exact) mass is 193 g/mol. The van der Waals surface area contributed by atoms with Gasteiger partial charge in [0.05, 0.1) is 0 Å². The Morgan fingerprint density at radius 3 is 2.36 bits per heavy atom. The SMILES string of the molecule is CN1C(=O)C=C(C2CCCCC2)C1=O. The lowest BCUT2D eigenvalue weighted by Crippen LogP contribution is -2.28. The van der Waals surface area contributed by atoms with Crippen molar-refractivity contribution in [3.8, 4) is 0 Å². The summed E-state index contributed by atoms with van der Waals surface area (Å²) in [5.74, 6) is 0.0997. The van der Waals surface area contributed by atoms with Crippen molar-refractivity contribution in [3.63, 3.8) is 0 Å². The zero-order chi connectivity index (χ0) is 10.1. The molecule has 3 heteroatoms. The van der Waals surface area contributed by atoms with Crippen molar-refractivity contribution in [3.05, 3.63) is 11.6 Å². The van der Waals surface area contributed by atoms with E-state index in [1.54, 1.807) is 7.05 Å². The van der Waals surface area contributed by atoms with Crippen LogP contribution in [0.3, 0.4) is 0 Å². The standard InChI is InChI=1S/C11H15NO2/c1-12-10(13)7-9(11(12)14)8-5-3-2-4-6-8/h7-8H,2-6H2,1H3. The second-order valence-electron chi connectivity index (χ2n) is 4.14. The summed E-state index contributed by atoms with van der Waals surface area (Å²) in [4.78, 5) is 24.1. The van der Waals surface area contributed by atoms with Gasteiger partial charge in [-0.1, -0.05) is 19.3 Å². The normalized spacial score (nSPS) is 24.4. The molecule has 0 spiro atoms. The number of hydrogen-bond acceptors (Lipinski definition) is 2. The predicted molar refractivity (Wildman–Crippen MR) is 52.4 cm³/mol. The van der Waals surface area contributed by atoms with E-state index in [0.29, 0.717) is 5.92 Å². The number of rotatable bonds is 1. The van der Waals surface area contributed by atoms with Crippen molar-refractivity contribution in [1.29, 1.82) is 0 Å². The fourth-order valence-electron chi connectivity index (χ4n) is 2.29. The fraction of sp³-hybridized carbons (Fsp3) is 0.636. The van der Waals surface area contributed by atoms with Crippen LogP contribution in [0, 0.1) is 5.92 Å². The summed E-state index contributed by atoms with van der Waals surface area (Å²) >= 11 is 0. The third kappa shape index (κ3) is 1.47. The van der Waals surface area contributed by atoms with Gasteiger partial charge in [-0.2, -0.15) is 0 Å². The quantitative estimate of drug-likeness (QED) is 0.592. The highest BCUT2D eigenvalue weighted by molar-refractivity contribution is 6.16. The molecular weight excluding hydrogens is 178 g/mol. The van der Waals surface area contributed by atoms with E-state index in [-0.39, 0.29) is 11.8 Å². The second kappa shape index (κ2) is 3.56. The number of carbonyl (C=O) groups is 2. The Hall–Kier alpha value is -1.12. The topological polar surface area (TPSA) is 37.4 Å². The summed E-state index contributed by atoms with van der Waals surface area (Å²) < 4.78 is 0. The molecule has 0 aromatic rings. The molecule has 1 saturated carbocycles. The molecule has 0 atom stereocenters. The Morgan fingerprint density at radius 2 is 1.86 bits per heavy atom. The molecule has 2 aliphatic rings. The summed E-state index contributed by atoms with van der Waals surface area (Å²) in [6, 6.07) is 0. The Kier molecular flexibility index (Phi) is 2.40. The Bertz CT molecular complexity index is 300. The van der Waals surface area contributed by atoms with Gasteiger partial charge in [0.1, 0.15) is 0 Å². The first kappa shape index (κ1) is 9.44. The van der Waals surface area contributed by atoms with Gasteiger partial charge in [0.25, 0.3) is 11.8 Å².